The molecule has 7 nitrogen and oxygen atoms in total. The maximum atomic E-state index is 11.3. The highest BCUT2D eigenvalue weighted by Gasteiger charge is 2.40. The van der Waals surface area contributed by atoms with Gasteiger partial charge in [-0.25, -0.2) is 15.1 Å². The van der Waals surface area contributed by atoms with E-state index in [1.807, 2.05) is 0 Å². The topological polar surface area (TPSA) is 92.4 Å². The zero-order chi connectivity index (χ0) is 18.4. The Morgan fingerprint density at radius 2 is 1.88 bits per heavy atom. The lowest BCUT2D eigenvalue weighted by Gasteiger charge is -2.49. The number of benzene rings is 1. The zero-order valence-electron chi connectivity index (χ0n) is 15.2. The standard InChI is InChI=1S/C17H25N5O2S/c1-12-7-14-15(8-13(12)2)19-11-20-16(14)22-9-17(3,10-22)5-6-21(4)25(18,23)24/h7-8,11H,5-6,9-10H2,1-4H3,(H2,18,23,24). The molecule has 2 N–H and O–H groups in total. The number of aromatic nitrogens is 2. The number of anilines is 1. The predicted octanol–water partition coefficient (Wildman–Crippen LogP) is 1.60. The van der Waals surface area contributed by atoms with Gasteiger partial charge in [-0.1, -0.05) is 6.92 Å². The second kappa shape index (κ2) is 6.19. The summed E-state index contributed by atoms with van der Waals surface area (Å²) in [5, 5.41) is 6.21. The van der Waals surface area contributed by atoms with Gasteiger partial charge in [-0.05, 0) is 43.5 Å². The molecular formula is C17H25N5O2S. The molecule has 0 amide bonds. The van der Waals surface area contributed by atoms with E-state index in [-0.39, 0.29) is 5.41 Å². The van der Waals surface area contributed by atoms with Crippen LogP contribution in [0.2, 0.25) is 0 Å². The van der Waals surface area contributed by atoms with Gasteiger partial charge in [0.15, 0.2) is 0 Å². The van der Waals surface area contributed by atoms with Crippen molar-refractivity contribution < 1.29 is 8.42 Å². The molecule has 0 bridgehead atoms. The van der Waals surface area contributed by atoms with Gasteiger partial charge in [-0.3, -0.25) is 0 Å². The number of aryl methyl sites for hydroxylation is 2. The summed E-state index contributed by atoms with van der Waals surface area (Å²) in [6.07, 6.45) is 2.37. The third-order valence-corrected chi connectivity index (χ3v) is 6.19. The lowest BCUT2D eigenvalue weighted by molar-refractivity contribution is 0.208. The SMILES string of the molecule is Cc1cc2ncnc(N3CC(C)(CCN(C)S(N)(=O)=O)C3)c2cc1C. The maximum Gasteiger partial charge on any atom is 0.276 e. The first-order valence-electron chi connectivity index (χ1n) is 8.30. The van der Waals surface area contributed by atoms with Gasteiger partial charge in [0.25, 0.3) is 10.2 Å². The van der Waals surface area contributed by atoms with E-state index in [1.54, 1.807) is 6.33 Å². The van der Waals surface area contributed by atoms with E-state index in [4.69, 9.17) is 5.14 Å². The largest absolute Gasteiger partial charge is 0.355 e. The molecule has 25 heavy (non-hydrogen) atoms. The van der Waals surface area contributed by atoms with Crippen molar-refractivity contribution in [3.05, 3.63) is 29.6 Å². The van der Waals surface area contributed by atoms with Gasteiger partial charge in [0, 0.05) is 37.5 Å². The third kappa shape index (κ3) is 3.61. The molecule has 0 aliphatic carbocycles. The first-order chi connectivity index (χ1) is 11.6. The normalized spacial score (nSPS) is 17.1. The first-order valence-corrected chi connectivity index (χ1v) is 9.80. The van der Waals surface area contributed by atoms with Crippen molar-refractivity contribution >= 4 is 26.9 Å². The molecule has 0 spiro atoms. The van der Waals surface area contributed by atoms with Gasteiger partial charge < -0.3 is 4.90 Å². The fraction of sp³-hybridized carbons (Fsp3) is 0.529. The maximum absolute atomic E-state index is 11.3. The van der Waals surface area contributed by atoms with Crippen LogP contribution in [0.4, 0.5) is 5.82 Å². The van der Waals surface area contributed by atoms with Crippen molar-refractivity contribution in [1.82, 2.24) is 14.3 Å². The summed E-state index contributed by atoms with van der Waals surface area (Å²) in [5.41, 5.74) is 3.45. The molecule has 1 saturated heterocycles. The Hall–Kier alpha value is -1.77. The van der Waals surface area contributed by atoms with E-state index < -0.39 is 10.2 Å². The van der Waals surface area contributed by atoms with Crippen LogP contribution in [0.1, 0.15) is 24.5 Å². The molecule has 136 valence electrons. The Morgan fingerprint density at radius 3 is 2.52 bits per heavy atom. The average molecular weight is 363 g/mol. The van der Waals surface area contributed by atoms with Crippen LogP contribution < -0.4 is 10.0 Å². The van der Waals surface area contributed by atoms with Crippen molar-refractivity contribution in [3.63, 3.8) is 0 Å². The minimum absolute atomic E-state index is 0.0516. The smallest absolute Gasteiger partial charge is 0.276 e. The summed E-state index contributed by atoms with van der Waals surface area (Å²) in [4.78, 5) is 11.1. The lowest BCUT2D eigenvalue weighted by Crippen LogP contribution is -2.56. The molecule has 1 aromatic carbocycles. The van der Waals surface area contributed by atoms with Crippen LogP contribution >= 0.6 is 0 Å². The second-order valence-corrected chi connectivity index (χ2v) is 9.09. The highest BCUT2D eigenvalue weighted by atomic mass is 32.2. The van der Waals surface area contributed by atoms with Gasteiger partial charge in [0.05, 0.1) is 5.52 Å². The van der Waals surface area contributed by atoms with Crippen molar-refractivity contribution in [2.24, 2.45) is 10.6 Å². The number of hydrogen-bond acceptors (Lipinski definition) is 5. The van der Waals surface area contributed by atoms with Crippen molar-refractivity contribution in [2.75, 3.05) is 31.6 Å². The molecule has 1 aliphatic rings. The summed E-state index contributed by atoms with van der Waals surface area (Å²) in [7, 11) is -2.10. The fourth-order valence-corrected chi connectivity index (χ4v) is 3.64. The number of nitrogens with zero attached hydrogens (tertiary/aromatic N) is 4. The fourth-order valence-electron chi connectivity index (χ4n) is 3.29. The second-order valence-electron chi connectivity index (χ2n) is 7.43. The van der Waals surface area contributed by atoms with Crippen LogP contribution in [0, 0.1) is 19.3 Å². The average Bonchev–Trinajstić information content (AvgIpc) is 2.49. The van der Waals surface area contributed by atoms with E-state index in [0.29, 0.717) is 6.54 Å². The van der Waals surface area contributed by atoms with Crippen LogP contribution in [0.5, 0.6) is 0 Å². The lowest BCUT2D eigenvalue weighted by atomic mass is 9.78. The molecule has 0 unspecified atom stereocenters. The third-order valence-electron chi connectivity index (χ3n) is 5.14. The van der Waals surface area contributed by atoms with E-state index >= 15 is 0 Å². The van der Waals surface area contributed by atoms with E-state index in [1.165, 1.54) is 22.5 Å². The molecule has 1 aliphatic heterocycles. The van der Waals surface area contributed by atoms with Gasteiger partial charge >= 0.3 is 0 Å². The molecule has 0 radical (unpaired) electrons. The van der Waals surface area contributed by atoms with Gasteiger partial charge in [-0.15, -0.1) is 0 Å². The highest BCUT2D eigenvalue weighted by Crippen LogP contribution is 2.38. The summed E-state index contributed by atoms with van der Waals surface area (Å²) in [6.45, 7) is 8.44. The van der Waals surface area contributed by atoms with Crippen LogP contribution in [-0.4, -0.2) is 49.4 Å². The van der Waals surface area contributed by atoms with E-state index in [2.05, 4.69) is 47.8 Å². The molecule has 2 heterocycles. The minimum Gasteiger partial charge on any atom is -0.355 e. The molecule has 3 rings (SSSR count). The summed E-state index contributed by atoms with van der Waals surface area (Å²) in [5.74, 6) is 0.949. The summed E-state index contributed by atoms with van der Waals surface area (Å²) >= 11 is 0. The quantitative estimate of drug-likeness (QED) is 0.871. The Balaban J connectivity index is 1.74. The van der Waals surface area contributed by atoms with Gasteiger partial charge in [0.1, 0.15) is 12.1 Å². The number of nitrogens with two attached hydrogens (primary N) is 1. The monoisotopic (exact) mass is 363 g/mol. The Bertz CT molecular complexity index is 907. The molecule has 8 heteroatoms. The highest BCUT2D eigenvalue weighted by molar-refractivity contribution is 7.86. The van der Waals surface area contributed by atoms with Gasteiger partial charge in [0.2, 0.25) is 0 Å². The number of fused-ring (bicyclic) bond motifs is 1. The van der Waals surface area contributed by atoms with Crippen molar-refractivity contribution in [2.45, 2.75) is 27.2 Å². The predicted molar refractivity (Wildman–Crippen MR) is 99.7 cm³/mol. The number of hydrogen-bond donors (Lipinski definition) is 1. The Morgan fingerprint density at radius 1 is 1.24 bits per heavy atom. The molecule has 0 atom stereocenters. The van der Waals surface area contributed by atoms with Crippen LogP contribution in [0.25, 0.3) is 10.9 Å². The molecule has 1 aromatic heterocycles. The Kier molecular flexibility index (Phi) is 4.47. The molecule has 0 saturated carbocycles. The Labute approximate surface area is 149 Å². The van der Waals surface area contributed by atoms with Crippen LogP contribution in [0.15, 0.2) is 18.5 Å². The molecule has 2 aromatic rings. The van der Waals surface area contributed by atoms with E-state index in [0.717, 1.165) is 36.2 Å². The minimum atomic E-state index is -3.61. The zero-order valence-corrected chi connectivity index (χ0v) is 16.0. The van der Waals surface area contributed by atoms with Crippen LogP contribution in [-0.2, 0) is 10.2 Å². The van der Waals surface area contributed by atoms with Crippen LogP contribution in [0.3, 0.4) is 0 Å². The molecule has 1 fully saturated rings. The summed E-state index contributed by atoms with van der Waals surface area (Å²) < 4.78 is 23.8. The van der Waals surface area contributed by atoms with Crippen molar-refractivity contribution in [3.8, 4) is 0 Å². The van der Waals surface area contributed by atoms with Gasteiger partial charge in [-0.2, -0.15) is 12.7 Å². The molecular weight excluding hydrogens is 338 g/mol. The summed E-state index contributed by atoms with van der Waals surface area (Å²) in [6, 6.07) is 4.24. The van der Waals surface area contributed by atoms with E-state index in [9.17, 15) is 8.42 Å². The first kappa shape index (κ1) is 18.0. The van der Waals surface area contributed by atoms with Crippen molar-refractivity contribution in [1.29, 1.82) is 0 Å². The number of rotatable bonds is 5.